The van der Waals surface area contributed by atoms with Crippen LogP contribution in [0.4, 0.5) is 0 Å². The van der Waals surface area contributed by atoms with Gasteiger partial charge in [0.15, 0.2) is 0 Å². The molecule has 15 heavy (non-hydrogen) atoms. The molecule has 88 valence electrons. The molecule has 1 saturated carbocycles. The van der Waals surface area contributed by atoms with E-state index in [0.29, 0.717) is 0 Å². The monoisotopic (exact) mass is 214 g/mol. The zero-order chi connectivity index (χ0) is 10.7. The van der Waals surface area contributed by atoms with E-state index in [-0.39, 0.29) is 11.7 Å². The van der Waals surface area contributed by atoms with Crippen molar-refractivity contribution in [3.8, 4) is 0 Å². The number of hydrogen-bond acceptors (Lipinski definition) is 3. The third-order valence-electron chi connectivity index (χ3n) is 4.13. The number of aliphatic hydroxyl groups excluding tert-OH is 1. The van der Waals surface area contributed by atoms with Gasteiger partial charge in [-0.3, -0.25) is 0 Å². The molecule has 0 spiro atoms. The number of methoxy groups -OCH3 is 1. The molecule has 2 fully saturated rings. The fourth-order valence-corrected chi connectivity index (χ4v) is 2.65. The van der Waals surface area contributed by atoms with Crippen molar-refractivity contribution in [3.63, 3.8) is 0 Å². The highest BCUT2D eigenvalue weighted by molar-refractivity contribution is 4.92. The molecule has 1 saturated heterocycles. The normalized spacial score (nSPS) is 28.4. The van der Waals surface area contributed by atoms with Crippen molar-refractivity contribution in [2.45, 2.75) is 50.2 Å². The molecule has 2 rings (SSSR count). The zero-order valence-electron chi connectivity index (χ0n) is 9.58. The van der Waals surface area contributed by atoms with Gasteiger partial charge in [0.25, 0.3) is 0 Å². The second-order valence-electron chi connectivity index (χ2n) is 4.93. The molecule has 1 heterocycles. The summed E-state index contributed by atoms with van der Waals surface area (Å²) in [6.07, 6.45) is 6.17. The molecule has 2 aliphatic rings. The van der Waals surface area contributed by atoms with Gasteiger partial charge in [-0.25, -0.2) is 0 Å². The Morgan fingerprint density at radius 1 is 1.40 bits per heavy atom. The molecule has 0 aromatic rings. The predicted molar refractivity (Wildman–Crippen MR) is 57.8 cm³/mol. The number of rotatable bonds is 4. The summed E-state index contributed by atoms with van der Waals surface area (Å²) in [6, 6.07) is 0. The Kier molecular flexibility index (Phi) is 3.65. The molecule has 0 bridgehead atoms. The average Bonchev–Trinajstić information content (AvgIpc) is 2.24. The first-order chi connectivity index (χ1) is 7.27. The van der Waals surface area contributed by atoms with Crippen molar-refractivity contribution in [2.24, 2.45) is 5.92 Å². The minimum Gasteiger partial charge on any atom is -0.390 e. The van der Waals surface area contributed by atoms with E-state index < -0.39 is 0 Å². The van der Waals surface area contributed by atoms with Gasteiger partial charge >= 0.3 is 0 Å². The lowest BCUT2D eigenvalue weighted by Crippen LogP contribution is -2.49. The molecule has 3 nitrogen and oxygen atoms in total. The van der Waals surface area contributed by atoms with Gasteiger partial charge in [0.05, 0.1) is 11.7 Å². The van der Waals surface area contributed by atoms with Crippen LogP contribution < -0.4 is 0 Å². The second-order valence-corrected chi connectivity index (χ2v) is 4.93. The van der Waals surface area contributed by atoms with Crippen molar-refractivity contribution in [3.05, 3.63) is 0 Å². The molecular weight excluding hydrogens is 192 g/mol. The van der Waals surface area contributed by atoms with Crippen LogP contribution in [0.3, 0.4) is 0 Å². The predicted octanol–water partition coefficient (Wildman–Crippen LogP) is 1.73. The molecular formula is C12H22O3. The third kappa shape index (κ3) is 2.35. The topological polar surface area (TPSA) is 38.7 Å². The summed E-state index contributed by atoms with van der Waals surface area (Å²) in [5.74, 6) is 0.731. The van der Waals surface area contributed by atoms with Gasteiger partial charge in [-0.1, -0.05) is 19.3 Å². The van der Waals surface area contributed by atoms with Crippen LogP contribution in [0.25, 0.3) is 0 Å². The van der Waals surface area contributed by atoms with Crippen molar-refractivity contribution in [1.82, 2.24) is 0 Å². The maximum atomic E-state index is 10.3. The largest absolute Gasteiger partial charge is 0.390 e. The number of aliphatic hydroxyl groups is 1. The minimum atomic E-state index is -0.326. The summed E-state index contributed by atoms with van der Waals surface area (Å²) in [6.45, 7) is 1.44. The van der Waals surface area contributed by atoms with E-state index in [2.05, 4.69) is 0 Å². The van der Waals surface area contributed by atoms with Crippen LogP contribution in [-0.2, 0) is 9.47 Å². The second kappa shape index (κ2) is 4.81. The van der Waals surface area contributed by atoms with E-state index in [9.17, 15) is 5.11 Å². The van der Waals surface area contributed by atoms with Gasteiger partial charge in [-0.15, -0.1) is 0 Å². The zero-order valence-corrected chi connectivity index (χ0v) is 9.58. The molecule has 0 radical (unpaired) electrons. The van der Waals surface area contributed by atoms with E-state index in [0.717, 1.165) is 38.4 Å². The Morgan fingerprint density at radius 2 is 2.07 bits per heavy atom. The van der Waals surface area contributed by atoms with Gasteiger partial charge in [-0.2, -0.15) is 0 Å². The summed E-state index contributed by atoms with van der Waals surface area (Å²) in [5.41, 5.74) is -0.326. The fourth-order valence-electron chi connectivity index (χ4n) is 2.65. The molecule has 1 unspecified atom stereocenters. The Hall–Kier alpha value is -0.120. The Bertz CT molecular complexity index is 195. The van der Waals surface area contributed by atoms with Gasteiger partial charge in [-0.05, 0) is 12.3 Å². The molecule has 0 aromatic carbocycles. The van der Waals surface area contributed by atoms with Gasteiger partial charge in [0.1, 0.15) is 0 Å². The third-order valence-corrected chi connectivity index (χ3v) is 4.13. The van der Waals surface area contributed by atoms with E-state index in [4.69, 9.17) is 9.47 Å². The first-order valence-corrected chi connectivity index (χ1v) is 6.08. The summed E-state index contributed by atoms with van der Waals surface area (Å²) < 4.78 is 10.9. The molecule has 0 aromatic heterocycles. The van der Waals surface area contributed by atoms with E-state index in [1.54, 1.807) is 7.11 Å². The van der Waals surface area contributed by atoms with Crippen LogP contribution in [0.5, 0.6) is 0 Å². The lowest BCUT2D eigenvalue weighted by atomic mass is 9.76. The van der Waals surface area contributed by atoms with Crippen LogP contribution >= 0.6 is 0 Å². The van der Waals surface area contributed by atoms with Crippen LogP contribution in [0.2, 0.25) is 0 Å². The van der Waals surface area contributed by atoms with Crippen molar-refractivity contribution in [2.75, 3.05) is 20.3 Å². The molecule has 1 atom stereocenters. The van der Waals surface area contributed by atoms with E-state index in [1.807, 2.05) is 0 Å². The maximum absolute atomic E-state index is 10.3. The maximum Gasteiger partial charge on any atom is 0.0980 e. The Labute approximate surface area is 91.8 Å². The first kappa shape index (κ1) is 11.4. The van der Waals surface area contributed by atoms with Crippen molar-refractivity contribution < 1.29 is 14.6 Å². The molecule has 0 amide bonds. The van der Waals surface area contributed by atoms with Crippen LogP contribution in [-0.4, -0.2) is 37.1 Å². The van der Waals surface area contributed by atoms with Crippen LogP contribution in [0.15, 0.2) is 0 Å². The summed E-state index contributed by atoms with van der Waals surface area (Å²) in [7, 11) is 1.72. The number of hydrogen-bond donors (Lipinski definition) is 1. The van der Waals surface area contributed by atoms with E-state index in [1.165, 1.54) is 19.3 Å². The van der Waals surface area contributed by atoms with Crippen molar-refractivity contribution in [1.29, 1.82) is 0 Å². The highest BCUT2D eigenvalue weighted by atomic mass is 16.5. The van der Waals surface area contributed by atoms with Crippen LogP contribution in [0, 0.1) is 5.92 Å². The molecule has 1 aliphatic carbocycles. The fraction of sp³-hybridized carbons (Fsp3) is 1.00. The van der Waals surface area contributed by atoms with Gasteiger partial charge < -0.3 is 14.6 Å². The summed E-state index contributed by atoms with van der Waals surface area (Å²) >= 11 is 0. The molecule has 1 N–H and O–H groups in total. The number of ether oxygens (including phenoxy) is 2. The first-order valence-electron chi connectivity index (χ1n) is 6.08. The quantitative estimate of drug-likeness (QED) is 0.774. The lowest BCUT2D eigenvalue weighted by Gasteiger charge is -2.42. The van der Waals surface area contributed by atoms with Gasteiger partial charge in [0.2, 0.25) is 0 Å². The summed E-state index contributed by atoms with van der Waals surface area (Å²) in [5, 5.41) is 10.3. The standard InChI is InChI=1S/C12H22O3/c1-14-12(5-7-15-8-6-12)11(13)9-10-3-2-4-10/h10-11,13H,2-9H2,1H3. The Balaban J connectivity index is 1.90. The molecule has 3 heteroatoms. The average molecular weight is 214 g/mol. The van der Waals surface area contributed by atoms with Crippen molar-refractivity contribution >= 4 is 0 Å². The summed E-state index contributed by atoms with van der Waals surface area (Å²) in [4.78, 5) is 0. The minimum absolute atomic E-state index is 0.309. The molecule has 1 aliphatic heterocycles. The lowest BCUT2D eigenvalue weighted by molar-refractivity contribution is -0.158. The SMILES string of the molecule is COC1(C(O)CC2CCC2)CCOCC1. The van der Waals surface area contributed by atoms with Gasteiger partial charge in [0, 0.05) is 33.2 Å². The van der Waals surface area contributed by atoms with E-state index >= 15 is 0 Å². The highest BCUT2D eigenvalue weighted by Gasteiger charge is 2.41. The highest BCUT2D eigenvalue weighted by Crippen LogP contribution is 2.37. The smallest absolute Gasteiger partial charge is 0.0980 e. The Morgan fingerprint density at radius 3 is 2.53 bits per heavy atom. The van der Waals surface area contributed by atoms with Crippen LogP contribution in [0.1, 0.15) is 38.5 Å².